The van der Waals surface area contributed by atoms with Crippen LogP contribution in [0.15, 0.2) is 12.1 Å². The summed E-state index contributed by atoms with van der Waals surface area (Å²) in [5.74, 6) is 0.265. The van der Waals surface area contributed by atoms with Crippen molar-refractivity contribution in [3.63, 3.8) is 0 Å². The van der Waals surface area contributed by atoms with Crippen LogP contribution in [-0.4, -0.2) is 48.9 Å². The molecule has 0 saturated carbocycles. The molecule has 2 unspecified atom stereocenters. The Balaban J connectivity index is 2.12. The molecule has 0 bridgehead atoms. The van der Waals surface area contributed by atoms with E-state index in [2.05, 4.69) is 36.2 Å². The van der Waals surface area contributed by atoms with Crippen LogP contribution in [0.5, 0.6) is 0 Å². The molecule has 0 aromatic carbocycles. The fourth-order valence-electron chi connectivity index (χ4n) is 2.68. The average Bonchev–Trinajstić information content (AvgIpc) is 2.98. The van der Waals surface area contributed by atoms with Crippen LogP contribution in [0.2, 0.25) is 0 Å². The average molecular weight is 309 g/mol. The van der Waals surface area contributed by atoms with Crippen LogP contribution in [0.3, 0.4) is 0 Å². The first-order chi connectivity index (χ1) is 10.0. The van der Waals surface area contributed by atoms with Crippen molar-refractivity contribution in [1.82, 2.24) is 15.1 Å². The lowest BCUT2D eigenvalue weighted by Gasteiger charge is -2.24. The van der Waals surface area contributed by atoms with Crippen LogP contribution in [0.1, 0.15) is 42.1 Å². The van der Waals surface area contributed by atoms with E-state index in [1.54, 1.807) is 11.3 Å². The Hall–Kier alpha value is -0.910. The standard InChI is InChI=1S/C16H27N3OS/c1-5-6-7-13-16(20)19(11-10-18(3)4)15(17-13)14-9-8-12(2)21-14/h8-9,13,15,17H,5-7,10-11H2,1-4H3. The van der Waals surface area contributed by atoms with Crippen molar-refractivity contribution in [2.24, 2.45) is 0 Å². The molecule has 1 N–H and O–H groups in total. The van der Waals surface area contributed by atoms with E-state index < -0.39 is 0 Å². The van der Waals surface area contributed by atoms with E-state index in [-0.39, 0.29) is 18.1 Å². The number of likely N-dealkylation sites (N-methyl/N-ethyl adjacent to an activating group) is 1. The Bertz CT molecular complexity index is 472. The zero-order valence-corrected chi connectivity index (χ0v) is 14.4. The van der Waals surface area contributed by atoms with Crippen molar-refractivity contribution in [3.05, 3.63) is 21.9 Å². The molecule has 1 aliphatic rings. The van der Waals surface area contributed by atoms with Gasteiger partial charge >= 0.3 is 0 Å². The molecule has 4 nitrogen and oxygen atoms in total. The SMILES string of the molecule is CCCCC1NC(c2ccc(C)s2)N(CCN(C)C)C1=O. The fourth-order valence-corrected chi connectivity index (χ4v) is 3.63. The van der Waals surface area contributed by atoms with Gasteiger partial charge in [-0.3, -0.25) is 10.1 Å². The fraction of sp³-hybridized carbons (Fsp3) is 0.688. The van der Waals surface area contributed by atoms with Gasteiger partial charge in [-0.1, -0.05) is 19.8 Å². The summed E-state index contributed by atoms with van der Waals surface area (Å²) >= 11 is 1.78. The highest BCUT2D eigenvalue weighted by Crippen LogP contribution is 2.31. The molecule has 1 aromatic rings. The molecular formula is C16H27N3OS. The van der Waals surface area contributed by atoms with Crippen molar-refractivity contribution >= 4 is 17.2 Å². The molecular weight excluding hydrogens is 282 g/mol. The second-order valence-corrected chi connectivity index (χ2v) is 7.37. The molecule has 2 heterocycles. The van der Waals surface area contributed by atoms with Crippen molar-refractivity contribution in [2.75, 3.05) is 27.2 Å². The quantitative estimate of drug-likeness (QED) is 0.841. The third kappa shape index (κ3) is 4.05. The molecule has 1 amide bonds. The number of rotatable bonds is 7. The van der Waals surface area contributed by atoms with Crippen LogP contribution in [0.25, 0.3) is 0 Å². The predicted octanol–water partition coefficient (Wildman–Crippen LogP) is 2.61. The molecule has 1 aromatic heterocycles. The molecule has 21 heavy (non-hydrogen) atoms. The first kappa shape index (κ1) is 16.5. The van der Waals surface area contributed by atoms with Gasteiger partial charge in [0, 0.05) is 22.8 Å². The van der Waals surface area contributed by atoms with E-state index in [0.29, 0.717) is 0 Å². The van der Waals surface area contributed by atoms with E-state index in [0.717, 1.165) is 32.4 Å². The maximum Gasteiger partial charge on any atom is 0.241 e. The highest BCUT2D eigenvalue weighted by Gasteiger charge is 2.39. The first-order valence-corrected chi connectivity index (χ1v) is 8.62. The van der Waals surface area contributed by atoms with Gasteiger partial charge in [-0.15, -0.1) is 11.3 Å². The lowest BCUT2D eigenvalue weighted by atomic mass is 10.1. The number of thiophene rings is 1. The monoisotopic (exact) mass is 309 g/mol. The van der Waals surface area contributed by atoms with Crippen LogP contribution in [0.4, 0.5) is 0 Å². The van der Waals surface area contributed by atoms with Gasteiger partial charge < -0.3 is 9.80 Å². The smallest absolute Gasteiger partial charge is 0.241 e. The molecule has 5 heteroatoms. The summed E-state index contributed by atoms with van der Waals surface area (Å²) < 4.78 is 0. The van der Waals surface area contributed by atoms with Crippen LogP contribution >= 0.6 is 11.3 Å². The Kier molecular flexibility index (Phi) is 5.79. The number of nitrogens with one attached hydrogen (secondary N) is 1. The van der Waals surface area contributed by atoms with Gasteiger partial charge in [0.1, 0.15) is 6.17 Å². The molecule has 1 aliphatic heterocycles. The van der Waals surface area contributed by atoms with Gasteiger partial charge in [-0.2, -0.15) is 0 Å². The van der Waals surface area contributed by atoms with Gasteiger partial charge in [0.25, 0.3) is 0 Å². The Labute approximate surface area is 132 Å². The predicted molar refractivity (Wildman–Crippen MR) is 88.5 cm³/mol. The molecule has 2 atom stereocenters. The molecule has 1 saturated heterocycles. The number of hydrogen-bond acceptors (Lipinski definition) is 4. The summed E-state index contributed by atoms with van der Waals surface area (Å²) in [4.78, 5) is 19.4. The minimum Gasteiger partial charge on any atom is -0.319 e. The van der Waals surface area contributed by atoms with E-state index >= 15 is 0 Å². The molecule has 118 valence electrons. The van der Waals surface area contributed by atoms with Crippen LogP contribution < -0.4 is 5.32 Å². The number of aryl methyl sites for hydroxylation is 1. The zero-order chi connectivity index (χ0) is 15.4. The van der Waals surface area contributed by atoms with Gasteiger partial charge in [0.05, 0.1) is 6.04 Å². The van der Waals surface area contributed by atoms with Crippen molar-refractivity contribution in [2.45, 2.75) is 45.3 Å². The van der Waals surface area contributed by atoms with E-state index in [1.165, 1.54) is 9.75 Å². The van der Waals surface area contributed by atoms with Crippen LogP contribution in [-0.2, 0) is 4.79 Å². The van der Waals surface area contributed by atoms with Crippen molar-refractivity contribution < 1.29 is 4.79 Å². The molecule has 2 rings (SSSR count). The zero-order valence-electron chi connectivity index (χ0n) is 13.6. The number of amides is 1. The Morgan fingerprint density at radius 1 is 1.38 bits per heavy atom. The van der Waals surface area contributed by atoms with Gasteiger partial charge in [-0.05, 0) is 39.6 Å². The largest absolute Gasteiger partial charge is 0.319 e. The third-order valence-corrected chi connectivity index (χ3v) is 4.97. The first-order valence-electron chi connectivity index (χ1n) is 7.80. The molecule has 0 aliphatic carbocycles. The number of carbonyl (C=O) groups is 1. The molecule has 1 fully saturated rings. The normalized spacial score (nSPS) is 22.5. The molecule has 0 radical (unpaired) electrons. The third-order valence-electron chi connectivity index (χ3n) is 3.92. The summed E-state index contributed by atoms with van der Waals surface area (Å²) in [6.45, 7) is 5.96. The maximum atomic E-state index is 12.7. The topological polar surface area (TPSA) is 35.6 Å². The summed E-state index contributed by atoms with van der Waals surface area (Å²) in [5, 5.41) is 3.55. The maximum absolute atomic E-state index is 12.7. The van der Waals surface area contributed by atoms with E-state index in [1.807, 2.05) is 19.0 Å². The second-order valence-electron chi connectivity index (χ2n) is 6.05. The van der Waals surface area contributed by atoms with Gasteiger partial charge in [0.15, 0.2) is 0 Å². The summed E-state index contributed by atoms with van der Waals surface area (Å²) in [6.07, 6.45) is 3.22. The number of nitrogens with zero attached hydrogens (tertiary/aromatic N) is 2. The number of hydrogen-bond donors (Lipinski definition) is 1. The minimum atomic E-state index is -0.0143. The minimum absolute atomic E-state index is 0.0143. The van der Waals surface area contributed by atoms with E-state index in [4.69, 9.17) is 0 Å². The van der Waals surface area contributed by atoms with Crippen LogP contribution in [0, 0.1) is 6.92 Å². The number of unbranched alkanes of at least 4 members (excludes halogenated alkanes) is 1. The van der Waals surface area contributed by atoms with E-state index in [9.17, 15) is 4.79 Å². The van der Waals surface area contributed by atoms with Gasteiger partial charge in [-0.25, -0.2) is 0 Å². The highest BCUT2D eigenvalue weighted by atomic mass is 32.1. The summed E-state index contributed by atoms with van der Waals surface area (Å²) in [7, 11) is 4.10. The lowest BCUT2D eigenvalue weighted by Crippen LogP contribution is -2.36. The van der Waals surface area contributed by atoms with Crippen molar-refractivity contribution in [3.8, 4) is 0 Å². The summed E-state index contributed by atoms with van der Waals surface area (Å²) in [5.41, 5.74) is 0. The molecule has 0 spiro atoms. The van der Waals surface area contributed by atoms with Gasteiger partial charge in [0.2, 0.25) is 5.91 Å². The lowest BCUT2D eigenvalue weighted by molar-refractivity contribution is -0.130. The number of carbonyl (C=O) groups excluding carboxylic acids is 1. The Morgan fingerprint density at radius 2 is 2.14 bits per heavy atom. The Morgan fingerprint density at radius 3 is 2.71 bits per heavy atom. The van der Waals surface area contributed by atoms with Crippen molar-refractivity contribution in [1.29, 1.82) is 0 Å². The highest BCUT2D eigenvalue weighted by molar-refractivity contribution is 7.12. The second kappa shape index (κ2) is 7.38. The summed E-state index contributed by atoms with van der Waals surface area (Å²) in [6, 6.07) is 4.27.